The molecule has 126 valence electrons. The molecule has 1 fully saturated rings. The van der Waals surface area contributed by atoms with Gasteiger partial charge in [0.05, 0.1) is 4.92 Å². The summed E-state index contributed by atoms with van der Waals surface area (Å²) in [6.45, 7) is 2.09. The van der Waals surface area contributed by atoms with Gasteiger partial charge in [0, 0.05) is 12.1 Å². The fourth-order valence-corrected chi connectivity index (χ4v) is 3.04. The van der Waals surface area contributed by atoms with Gasteiger partial charge in [0.1, 0.15) is 16.7 Å². The van der Waals surface area contributed by atoms with Crippen LogP contribution in [0.2, 0.25) is 5.02 Å². The van der Waals surface area contributed by atoms with E-state index in [1.807, 2.05) is 6.07 Å². The summed E-state index contributed by atoms with van der Waals surface area (Å²) in [7, 11) is 0. The van der Waals surface area contributed by atoms with E-state index in [9.17, 15) is 20.2 Å². The largest absolute Gasteiger partial charge is 0.348 e. The van der Waals surface area contributed by atoms with Crippen LogP contribution in [0.3, 0.4) is 0 Å². The lowest BCUT2D eigenvalue weighted by Crippen LogP contribution is -2.41. The second-order valence-corrected chi connectivity index (χ2v) is 6.39. The second-order valence-electron chi connectivity index (χ2n) is 5.98. The number of nitrogens with one attached hydrogen (secondary N) is 1. The van der Waals surface area contributed by atoms with E-state index in [0.717, 1.165) is 25.7 Å². The van der Waals surface area contributed by atoms with Crippen molar-refractivity contribution in [3.05, 3.63) is 44.5 Å². The van der Waals surface area contributed by atoms with E-state index in [0.29, 0.717) is 11.5 Å². The van der Waals surface area contributed by atoms with Crippen molar-refractivity contribution in [2.75, 3.05) is 0 Å². The van der Waals surface area contributed by atoms with Crippen molar-refractivity contribution in [2.45, 2.75) is 38.6 Å². The number of nitrogens with zero attached hydrogens (tertiary/aromatic N) is 2. The summed E-state index contributed by atoms with van der Waals surface area (Å²) < 4.78 is 0. The zero-order chi connectivity index (χ0) is 17.7. The van der Waals surface area contributed by atoms with Gasteiger partial charge in [-0.15, -0.1) is 0 Å². The number of nitro benzene ring substituents is 1. The topological polar surface area (TPSA) is 96.0 Å². The molecule has 24 heavy (non-hydrogen) atoms. The Hall–Kier alpha value is -2.39. The van der Waals surface area contributed by atoms with Crippen LogP contribution in [-0.4, -0.2) is 16.9 Å². The van der Waals surface area contributed by atoms with Gasteiger partial charge in [-0.1, -0.05) is 37.4 Å². The van der Waals surface area contributed by atoms with Gasteiger partial charge in [0.15, 0.2) is 0 Å². The van der Waals surface area contributed by atoms with Crippen LogP contribution >= 0.6 is 11.6 Å². The summed E-state index contributed by atoms with van der Waals surface area (Å²) in [5.74, 6) is -0.0758. The molecule has 1 saturated carbocycles. The Morgan fingerprint density at radius 3 is 2.79 bits per heavy atom. The van der Waals surface area contributed by atoms with Crippen molar-refractivity contribution >= 4 is 29.3 Å². The summed E-state index contributed by atoms with van der Waals surface area (Å²) in [6, 6.07) is 6.08. The molecule has 0 bridgehead atoms. The molecule has 1 N–H and O–H groups in total. The highest BCUT2D eigenvalue weighted by molar-refractivity contribution is 6.32. The molecule has 0 aromatic heterocycles. The lowest BCUT2D eigenvalue weighted by molar-refractivity contribution is -0.384. The Balaban J connectivity index is 2.19. The van der Waals surface area contributed by atoms with E-state index in [1.54, 1.807) is 0 Å². The van der Waals surface area contributed by atoms with Crippen molar-refractivity contribution in [1.29, 1.82) is 5.26 Å². The maximum absolute atomic E-state index is 12.3. The van der Waals surface area contributed by atoms with Gasteiger partial charge in [-0.2, -0.15) is 5.26 Å². The van der Waals surface area contributed by atoms with Gasteiger partial charge in [-0.3, -0.25) is 14.9 Å². The van der Waals surface area contributed by atoms with Crippen LogP contribution in [0, 0.1) is 27.4 Å². The molecule has 2 rings (SSSR count). The monoisotopic (exact) mass is 347 g/mol. The summed E-state index contributed by atoms with van der Waals surface area (Å²) in [4.78, 5) is 22.6. The highest BCUT2D eigenvalue weighted by Crippen LogP contribution is 2.26. The van der Waals surface area contributed by atoms with Crippen molar-refractivity contribution in [1.82, 2.24) is 5.32 Å². The SMILES string of the molecule is C[C@H]1CCCC[C@@H]1NC(=O)/C(C#N)=C/c1ccc(Cl)c([N+](=O)[O-])c1. The zero-order valence-electron chi connectivity index (χ0n) is 13.3. The van der Waals surface area contributed by atoms with Crippen LogP contribution in [0.5, 0.6) is 0 Å². The average Bonchev–Trinajstić information content (AvgIpc) is 2.55. The third kappa shape index (κ3) is 4.33. The highest BCUT2D eigenvalue weighted by Gasteiger charge is 2.24. The van der Waals surface area contributed by atoms with Gasteiger partial charge in [-0.25, -0.2) is 0 Å². The van der Waals surface area contributed by atoms with Crippen LogP contribution in [-0.2, 0) is 4.79 Å². The van der Waals surface area contributed by atoms with Crippen LogP contribution in [0.1, 0.15) is 38.2 Å². The van der Waals surface area contributed by atoms with Crippen molar-refractivity contribution in [3.63, 3.8) is 0 Å². The molecule has 0 unspecified atom stereocenters. The summed E-state index contributed by atoms with van der Waals surface area (Å²) >= 11 is 5.76. The van der Waals surface area contributed by atoms with Gasteiger partial charge >= 0.3 is 0 Å². The standard InChI is InChI=1S/C17H18ClN3O3/c1-11-4-2-3-5-15(11)20-17(22)13(10-19)8-12-6-7-14(18)16(9-12)21(23)24/h6-9,11,15H,2-5H2,1H3,(H,20,22)/b13-8+/t11-,15-/m0/s1. The molecule has 0 saturated heterocycles. The fourth-order valence-electron chi connectivity index (χ4n) is 2.85. The maximum Gasteiger partial charge on any atom is 0.288 e. The molecular formula is C17H18ClN3O3. The van der Waals surface area contributed by atoms with E-state index < -0.39 is 10.8 Å². The highest BCUT2D eigenvalue weighted by atomic mass is 35.5. The van der Waals surface area contributed by atoms with Crippen molar-refractivity contribution in [3.8, 4) is 6.07 Å². The first kappa shape index (κ1) is 18.0. The number of carbonyl (C=O) groups is 1. The number of benzene rings is 1. The molecule has 0 aliphatic heterocycles. The Kier molecular flexibility index (Phi) is 5.93. The second kappa shape index (κ2) is 7.93. The summed E-state index contributed by atoms with van der Waals surface area (Å²) in [5.41, 5.74) is 0.0444. The number of nitro groups is 1. The molecule has 1 aromatic rings. The number of carbonyl (C=O) groups excluding carboxylic acids is 1. The molecule has 1 amide bonds. The van der Waals surface area contributed by atoms with Crippen molar-refractivity contribution in [2.24, 2.45) is 5.92 Å². The normalized spacial score (nSPS) is 21.0. The molecule has 2 atom stereocenters. The van der Waals surface area contributed by atoms with Crippen LogP contribution < -0.4 is 5.32 Å². The summed E-state index contributed by atoms with van der Waals surface area (Å²) in [5, 5.41) is 23.1. The molecular weight excluding hydrogens is 330 g/mol. The summed E-state index contributed by atoms with van der Waals surface area (Å²) in [6.07, 6.45) is 5.51. The third-order valence-electron chi connectivity index (χ3n) is 4.27. The van der Waals surface area contributed by atoms with Gasteiger partial charge < -0.3 is 5.32 Å². The Bertz CT molecular complexity index is 724. The van der Waals surface area contributed by atoms with E-state index in [-0.39, 0.29) is 22.3 Å². The molecule has 0 spiro atoms. The van der Waals surface area contributed by atoms with Gasteiger partial charge in [-0.05, 0) is 36.5 Å². The smallest absolute Gasteiger partial charge is 0.288 e. The van der Waals surface area contributed by atoms with E-state index >= 15 is 0 Å². The molecule has 0 heterocycles. The van der Waals surface area contributed by atoms with Gasteiger partial charge in [0.2, 0.25) is 0 Å². The van der Waals surface area contributed by atoms with Crippen molar-refractivity contribution < 1.29 is 9.72 Å². The lowest BCUT2D eigenvalue weighted by Gasteiger charge is -2.29. The number of nitriles is 1. The number of hydrogen-bond donors (Lipinski definition) is 1. The van der Waals surface area contributed by atoms with E-state index in [2.05, 4.69) is 12.2 Å². The molecule has 1 aliphatic carbocycles. The van der Waals surface area contributed by atoms with Crippen LogP contribution in [0.4, 0.5) is 5.69 Å². The third-order valence-corrected chi connectivity index (χ3v) is 4.59. The predicted molar refractivity (Wildman–Crippen MR) is 91.3 cm³/mol. The molecule has 1 aromatic carbocycles. The number of hydrogen-bond acceptors (Lipinski definition) is 4. The first-order valence-corrected chi connectivity index (χ1v) is 8.16. The fraction of sp³-hybridized carbons (Fsp3) is 0.412. The Labute approximate surface area is 145 Å². The predicted octanol–water partition coefficient (Wildman–Crippen LogP) is 3.85. The minimum absolute atomic E-state index is 0.0103. The Morgan fingerprint density at radius 1 is 1.46 bits per heavy atom. The zero-order valence-corrected chi connectivity index (χ0v) is 14.0. The van der Waals surface area contributed by atoms with Gasteiger partial charge in [0.25, 0.3) is 11.6 Å². The lowest BCUT2D eigenvalue weighted by atomic mass is 9.86. The first-order valence-electron chi connectivity index (χ1n) is 7.79. The quantitative estimate of drug-likeness (QED) is 0.387. The number of halogens is 1. The Morgan fingerprint density at radius 2 is 2.17 bits per heavy atom. The average molecular weight is 348 g/mol. The molecule has 1 aliphatic rings. The first-order chi connectivity index (χ1) is 11.4. The number of amides is 1. The van der Waals surface area contributed by atoms with Crippen LogP contribution in [0.15, 0.2) is 23.8 Å². The van der Waals surface area contributed by atoms with E-state index in [1.165, 1.54) is 24.3 Å². The van der Waals surface area contributed by atoms with E-state index in [4.69, 9.17) is 11.6 Å². The molecule has 6 nitrogen and oxygen atoms in total. The minimum Gasteiger partial charge on any atom is -0.348 e. The van der Waals surface area contributed by atoms with Crippen LogP contribution in [0.25, 0.3) is 6.08 Å². The minimum atomic E-state index is -0.602. The molecule has 7 heteroatoms. The maximum atomic E-state index is 12.3. The molecule has 0 radical (unpaired) electrons. The number of rotatable bonds is 4.